The van der Waals surface area contributed by atoms with Gasteiger partial charge in [-0.15, -0.1) is 0 Å². The van der Waals surface area contributed by atoms with E-state index in [1.165, 1.54) is 0 Å². The van der Waals surface area contributed by atoms with Gasteiger partial charge >= 0.3 is 0 Å². The number of nitrogens with one attached hydrogen (secondary N) is 1. The first-order valence-corrected chi connectivity index (χ1v) is 6.85. The molecule has 0 aliphatic heterocycles. The van der Waals surface area contributed by atoms with Gasteiger partial charge in [-0.25, -0.2) is 0 Å². The topological polar surface area (TPSA) is 82.2 Å². The Morgan fingerprint density at radius 3 is 2.76 bits per heavy atom. The van der Waals surface area contributed by atoms with Crippen LogP contribution in [0.3, 0.4) is 0 Å². The molecule has 1 heterocycles. The minimum absolute atomic E-state index is 0.000106. The smallest absolute Gasteiger partial charge is 0.258 e. The van der Waals surface area contributed by atoms with Gasteiger partial charge in [-0.2, -0.15) is 5.10 Å². The number of rotatable bonds is 7. The van der Waals surface area contributed by atoms with Crippen molar-refractivity contribution in [2.24, 2.45) is 5.73 Å². The highest BCUT2D eigenvalue weighted by Gasteiger charge is 2.03. The predicted octanol–water partition coefficient (Wildman–Crippen LogP) is 0.845. The molecule has 1 aromatic carbocycles. The van der Waals surface area contributed by atoms with Crippen molar-refractivity contribution in [3.05, 3.63) is 47.8 Å². The maximum absolute atomic E-state index is 11.6. The zero-order valence-electron chi connectivity index (χ0n) is 12.1. The lowest BCUT2D eigenvalue weighted by Gasteiger charge is -2.08. The number of aromatic nitrogens is 2. The van der Waals surface area contributed by atoms with Gasteiger partial charge in [-0.3, -0.25) is 9.48 Å². The van der Waals surface area contributed by atoms with Crippen LogP contribution in [0.15, 0.2) is 36.7 Å². The number of amides is 1. The van der Waals surface area contributed by atoms with E-state index in [1.807, 2.05) is 37.4 Å². The molecule has 0 aliphatic carbocycles. The Morgan fingerprint density at radius 2 is 2.14 bits per heavy atom. The van der Waals surface area contributed by atoms with Gasteiger partial charge in [-0.05, 0) is 30.2 Å². The predicted molar refractivity (Wildman–Crippen MR) is 79.8 cm³/mol. The molecule has 3 N–H and O–H groups in total. The average molecular weight is 288 g/mol. The minimum atomic E-state index is -0.151. The normalized spacial score (nSPS) is 10.4. The van der Waals surface area contributed by atoms with Crippen LogP contribution in [0.5, 0.6) is 5.75 Å². The lowest BCUT2D eigenvalue weighted by Crippen LogP contribution is -2.31. The highest BCUT2D eigenvalue weighted by atomic mass is 16.5. The monoisotopic (exact) mass is 288 g/mol. The number of carbonyl (C=O) groups excluding carboxylic acids is 1. The summed E-state index contributed by atoms with van der Waals surface area (Å²) in [5, 5.41) is 6.93. The van der Waals surface area contributed by atoms with Crippen LogP contribution < -0.4 is 15.8 Å². The van der Waals surface area contributed by atoms with Gasteiger partial charge in [0, 0.05) is 19.3 Å². The minimum Gasteiger partial charge on any atom is -0.484 e. The fraction of sp³-hybridized carbons (Fsp3) is 0.333. The molecular weight excluding hydrogens is 268 g/mol. The number of nitrogens with two attached hydrogens (primary N) is 1. The Balaban J connectivity index is 1.67. The van der Waals surface area contributed by atoms with Crippen molar-refractivity contribution in [1.29, 1.82) is 0 Å². The van der Waals surface area contributed by atoms with Gasteiger partial charge in [0.1, 0.15) is 5.75 Å². The number of ether oxygens (including phenoxy) is 1. The molecule has 1 aromatic heterocycles. The average Bonchev–Trinajstić information content (AvgIpc) is 2.91. The molecule has 2 aromatic rings. The second-order valence-corrected chi connectivity index (χ2v) is 4.77. The maximum atomic E-state index is 11.6. The summed E-state index contributed by atoms with van der Waals surface area (Å²) in [5.74, 6) is 0.506. The van der Waals surface area contributed by atoms with E-state index in [1.54, 1.807) is 10.9 Å². The Kier molecular flexibility index (Phi) is 5.34. The second kappa shape index (κ2) is 7.44. The second-order valence-electron chi connectivity index (χ2n) is 4.77. The molecule has 2 rings (SSSR count). The maximum Gasteiger partial charge on any atom is 0.258 e. The van der Waals surface area contributed by atoms with Crippen molar-refractivity contribution in [3.8, 4) is 5.75 Å². The summed E-state index contributed by atoms with van der Waals surface area (Å²) in [4.78, 5) is 11.6. The summed E-state index contributed by atoms with van der Waals surface area (Å²) < 4.78 is 7.19. The summed E-state index contributed by atoms with van der Waals surface area (Å²) in [6, 6.07) is 7.38. The Hall–Kier alpha value is -2.34. The van der Waals surface area contributed by atoms with Gasteiger partial charge in [0.15, 0.2) is 6.61 Å². The van der Waals surface area contributed by atoms with Gasteiger partial charge in [-0.1, -0.05) is 12.1 Å². The summed E-state index contributed by atoms with van der Waals surface area (Å²) in [5.41, 5.74) is 7.65. The van der Waals surface area contributed by atoms with E-state index in [4.69, 9.17) is 10.5 Å². The molecule has 0 bridgehead atoms. The van der Waals surface area contributed by atoms with Crippen LogP contribution in [0, 0.1) is 6.92 Å². The van der Waals surface area contributed by atoms with Crippen LogP contribution in [-0.4, -0.2) is 28.8 Å². The van der Waals surface area contributed by atoms with Crippen LogP contribution in [0.25, 0.3) is 0 Å². The molecule has 0 radical (unpaired) electrons. The molecule has 21 heavy (non-hydrogen) atoms. The number of hydrogen-bond acceptors (Lipinski definition) is 4. The third kappa shape index (κ3) is 4.92. The van der Waals surface area contributed by atoms with Gasteiger partial charge in [0.2, 0.25) is 0 Å². The van der Waals surface area contributed by atoms with E-state index in [0.29, 0.717) is 25.4 Å². The van der Waals surface area contributed by atoms with E-state index < -0.39 is 0 Å². The van der Waals surface area contributed by atoms with Crippen LogP contribution in [0.2, 0.25) is 0 Å². The zero-order valence-corrected chi connectivity index (χ0v) is 12.1. The molecule has 0 saturated carbocycles. The molecular formula is C15H20N4O2. The first-order chi connectivity index (χ1) is 10.2. The molecule has 0 atom stereocenters. The summed E-state index contributed by atoms with van der Waals surface area (Å²) in [6.07, 6.45) is 3.72. The van der Waals surface area contributed by atoms with E-state index in [2.05, 4.69) is 10.4 Å². The molecule has 6 nitrogen and oxygen atoms in total. The third-order valence-electron chi connectivity index (χ3n) is 2.95. The molecule has 6 heteroatoms. The zero-order chi connectivity index (χ0) is 15.1. The van der Waals surface area contributed by atoms with E-state index in [0.717, 1.165) is 11.1 Å². The first kappa shape index (κ1) is 15.1. The van der Waals surface area contributed by atoms with E-state index >= 15 is 0 Å². The molecule has 0 saturated heterocycles. The number of benzene rings is 1. The summed E-state index contributed by atoms with van der Waals surface area (Å²) >= 11 is 0. The van der Waals surface area contributed by atoms with E-state index in [9.17, 15) is 4.79 Å². The molecule has 0 unspecified atom stereocenters. The fourth-order valence-electron chi connectivity index (χ4n) is 1.82. The van der Waals surface area contributed by atoms with Gasteiger partial charge in [0.05, 0.1) is 12.7 Å². The van der Waals surface area contributed by atoms with Crippen LogP contribution in [0.1, 0.15) is 11.1 Å². The molecule has 0 spiro atoms. The van der Waals surface area contributed by atoms with Crippen LogP contribution in [0.4, 0.5) is 0 Å². The number of nitrogens with zero attached hydrogens (tertiary/aromatic N) is 2. The fourth-order valence-corrected chi connectivity index (χ4v) is 1.82. The van der Waals surface area contributed by atoms with E-state index in [-0.39, 0.29) is 12.5 Å². The lowest BCUT2D eigenvalue weighted by molar-refractivity contribution is -0.123. The molecule has 112 valence electrons. The van der Waals surface area contributed by atoms with Crippen molar-refractivity contribution >= 4 is 5.91 Å². The number of aryl methyl sites for hydroxylation is 1. The van der Waals surface area contributed by atoms with Crippen molar-refractivity contribution in [2.45, 2.75) is 20.0 Å². The third-order valence-corrected chi connectivity index (χ3v) is 2.95. The Morgan fingerprint density at radius 1 is 1.38 bits per heavy atom. The first-order valence-electron chi connectivity index (χ1n) is 6.85. The van der Waals surface area contributed by atoms with Crippen molar-refractivity contribution in [1.82, 2.24) is 15.1 Å². The van der Waals surface area contributed by atoms with Gasteiger partial charge < -0.3 is 15.8 Å². The largest absolute Gasteiger partial charge is 0.484 e. The lowest BCUT2D eigenvalue weighted by atomic mass is 10.2. The highest BCUT2D eigenvalue weighted by Crippen LogP contribution is 2.11. The Bertz CT molecular complexity index is 578. The number of carbonyl (C=O) groups is 1. The summed E-state index contributed by atoms with van der Waals surface area (Å²) in [6.45, 7) is 3.64. The Labute approximate surface area is 123 Å². The number of hydrogen-bond donors (Lipinski definition) is 2. The van der Waals surface area contributed by atoms with Crippen LogP contribution in [-0.2, 0) is 17.9 Å². The summed E-state index contributed by atoms with van der Waals surface area (Å²) in [7, 11) is 0. The van der Waals surface area contributed by atoms with Crippen molar-refractivity contribution < 1.29 is 9.53 Å². The van der Waals surface area contributed by atoms with Crippen molar-refractivity contribution in [3.63, 3.8) is 0 Å². The molecule has 1 amide bonds. The quantitative estimate of drug-likeness (QED) is 0.791. The standard InChI is InChI=1S/C15H20N4O2/c1-12-9-18-19(10-12)7-6-17-15(20)11-21-14-4-2-13(8-16)3-5-14/h2-5,9-10H,6-8,11,16H2,1H3,(H,17,20). The SMILES string of the molecule is Cc1cnn(CCNC(=O)COc2ccc(CN)cc2)c1. The van der Waals surface area contributed by atoms with Crippen molar-refractivity contribution in [2.75, 3.05) is 13.2 Å². The highest BCUT2D eigenvalue weighted by molar-refractivity contribution is 5.77. The molecule has 0 fully saturated rings. The van der Waals surface area contributed by atoms with Crippen LogP contribution >= 0.6 is 0 Å². The molecule has 0 aliphatic rings. The van der Waals surface area contributed by atoms with Gasteiger partial charge in [0.25, 0.3) is 5.91 Å².